The zero-order valence-corrected chi connectivity index (χ0v) is 16.1. The number of rotatable bonds is 6. The third kappa shape index (κ3) is 4.19. The highest BCUT2D eigenvalue weighted by molar-refractivity contribution is 5.92. The molecule has 2 atom stereocenters. The van der Waals surface area contributed by atoms with E-state index in [1.54, 1.807) is 0 Å². The van der Waals surface area contributed by atoms with Gasteiger partial charge in [0.1, 0.15) is 5.69 Å². The molecule has 3 aliphatic rings. The number of hydrogen-bond acceptors (Lipinski definition) is 4. The third-order valence-electron chi connectivity index (χ3n) is 6.21. The summed E-state index contributed by atoms with van der Waals surface area (Å²) in [6.07, 6.45) is 6.92. The first-order valence-corrected chi connectivity index (χ1v) is 10.2. The number of nitrogens with one attached hydrogen (secondary N) is 1. The van der Waals surface area contributed by atoms with Crippen LogP contribution in [0.15, 0.2) is 18.3 Å². The Kier molecular flexibility index (Phi) is 5.50. The predicted molar refractivity (Wildman–Crippen MR) is 102 cm³/mol. The van der Waals surface area contributed by atoms with Crippen molar-refractivity contribution in [2.24, 2.45) is 0 Å². The molecule has 1 saturated carbocycles. The minimum atomic E-state index is 0.00754. The van der Waals surface area contributed by atoms with Crippen LogP contribution in [0.4, 0.5) is 0 Å². The highest BCUT2D eigenvalue weighted by Crippen LogP contribution is 2.36. The van der Waals surface area contributed by atoms with Gasteiger partial charge in [-0.1, -0.05) is 0 Å². The number of likely N-dealkylation sites (tertiary alicyclic amines) is 1. The maximum Gasteiger partial charge on any atom is 0.267 e. The van der Waals surface area contributed by atoms with E-state index < -0.39 is 0 Å². The maximum atomic E-state index is 12.6. The molecule has 1 aliphatic carbocycles. The molecule has 0 bridgehead atoms. The molecular weight excluding hydrogens is 344 g/mol. The van der Waals surface area contributed by atoms with Gasteiger partial charge < -0.3 is 19.5 Å². The van der Waals surface area contributed by atoms with Gasteiger partial charge >= 0.3 is 0 Å². The summed E-state index contributed by atoms with van der Waals surface area (Å²) in [5.74, 6) is 0.232. The second-order valence-electron chi connectivity index (χ2n) is 7.99. The Labute approximate surface area is 160 Å². The third-order valence-corrected chi connectivity index (χ3v) is 6.21. The van der Waals surface area contributed by atoms with E-state index in [1.807, 2.05) is 23.2 Å². The average molecular weight is 374 g/mol. The molecule has 2 saturated heterocycles. The molecule has 2 aliphatic heterocycles. The summed E-state index contributed by atoms with van der Waals surface area (Å²) in [6.45, 7) is 3.32. The minimum Gasteiger partial charge on any atom is -0.378 e. The van der Waals surface area contributed by atoms with Crippen LogP contribution >= 0.6 is 0 Å². The van der Waals surface area contributed by atoms with E-state index in [4.69, 9.17) is 4.74 Å². The lowest BCUT2D eigenvalue weighted by molar-refractivity contribution is -0.136. The van der Waals surface area contributed by atoms with Gasteiger partial charge in [-0.3, -0.25) is 14.5 Å². The monoisotopic (exact) mass is 374 g/mol. The van der Waals surface area contributed by atoms with Gasteiger partial charge in [-0.25, -0.2) is 0 Å². The number of hydrogen-bond donors (Lipinski definition) is 1. The van der Waals surface area contributed by atoms with E-state index in [1.165, 1.54) is 12.8 Å². The fraction of sp³-hybridized carbons (Fsp3) is 0.700. The predicted octanol–water partition coefficient (Wildman–Crippen LogP) is 1.26. The average Bonchev–Trinajstić information content (AvgIpc) is 3.32. The lowest BCUT2D eigenvalue weighted by Crippen LogP contribution is -2.45. The molecule has 0 spiro atoms. The van der Waals surface area contributed by atoms with Crippen LogP contribution in [-0.2, 0) is 9.53 Å². The quantitative estimate of drug-likeness (QED) is 0.814. The van der Waals surface area contributed by atoms with E-state index in [0.717, 1.165) is 18.5 Å². The summed E-state index contributed by atoms with van der Waals surface area (Å²) in [5.41, 5.74) is 0.761. The van der Waals surface area contributed by atoms with E-state index in [-0.39, 0.29) is 17.9 Å². The number of nitrogens with zero attached hydrogens (tertiary/aromatic N) is 3. The molecule has 0 radical (unpaired) electrons. The van der Waals surface area contributed by atoms with Gasteiger partial charge in [0.25, 0.3) is 5.91 Å². The molecule has 4 rings (SSSR count). The molecule has 7 nitrogen and oxygen atoms in total. The molecule has 3 fully saturated rings. The van der Waals surface area contributed by atoms with Gasteiger partial charge in [-0.05, 0) is 44.9 Å². The number of ether oxygens (including phenoxy) is 1. The Hall–Kier alpha value is -1.86. The second-order valence-corrected chi connectivity index (χ2v) is 7.99. The zero-order valence-electron chi connectivity index (χ0n) is 16.1. The maximum absolute atomic E-state index is 12.6. The standard InChI is InChI=1S/C20H30N4O3/c1-22-16(13-19(25)23-9-11-27-12-10-23)6-7-17(22)14-21-20(26)18-3-2-8-24(18)15-4-5-15/h2-3,8,15-17H,4-7,9-14H2,1H3,(H,21,26)/t16-,17+/m1/s1. The second kappa shape index (κ2) is 8.02. The van der Waals surface area contributed by atoms with E-state index in [0.29, 0.717) is 51.4 Å². The summed E-state index contributed by atoms with van der Waals surface area (Å²) in [7, 11) is 2.08. The van der Waals surface area contributed by atoms with E-state index >= 15 is 0 Å². The number of carbonyl (C=O) groups excluding carboxylic acids is 2. The van der Waals surface area contributed by atoms with Crippen molar-refractivity contribution in [3.63, 3.8) is 0 Å². The highest BCUT2D eigenvalue weighted by atomic mass is 16.5. The van der Waals surface area contributed by atoms with Gasteiger partial charge in [0.2, 0.25) is 5.91 Å². The Morgan fingerprint density at radius 3 is 2.63 bits per heavy atom. The van der Waals surface area contributed by atoms with E-state index in [9.17, 15) is 9.59 Å². The molecular formula is C20H30N4O3. The Morgan fingerprint density at radius 1 is 1.15 bits per heavy atom. The van der Waals surface area contributed by atoms with Crippen LogP contribution in [0.25, 0.3) is 0 Å². The first kappa shape index (κ1) is 18.5. The van der Waals surface area contributed by atoms with Crippen molar-refractivity contribution in [1.29, 1.82) is 0 Å². The molecule has 1 aromatic rings. The normalized spacial score (nSPS) is 26.3. The fourth-order valence-corrected chi connectivity index (χ4v) is 4.28. The van der Waals surface area contributed by atoms with Crippen LogP contribution < -0.4 is 5.32 Å². The molecule has 1 N–H and O–H groups in total. The van der Waals surface area contributed by atoms with Gasteiger partial charge in [-0.2, -0.15) is 0 Å². The number of likely N-dealkylation sites (N-methyl/N-ethyl adjacent to an activating group) is 1. The fourth-order valence-electron chi connectivity index (χ4n) is 4.28. The smallest absolute Gasteiger partial charge is 0.267 e. The van der Waals surface area contributed by atoms with Crippen molar-refractivity contribution in [1.82, 2.24) is 19.7 Å². The Bertz CT molecular complexity index is 679. The van der Waals surface area contributed by atoms with Crippen molar-refractivity contribution < 1.29 is 14.3 Å². The molecule has 2 amide bonds. The summed E-state index contributed by atoms with van der Waals surface area (Å²) in [5, 5.41) is 3.10. The van der Waals surface area contributed by atoms with Gasteiger partial charge in [0, 0.05) is 50.4 Å². The molecule has 1 aromatic heterocycles. The lowest BCUT2D eigenvalue weighted by atomic mass is 10.1. The van der Waals surface area contributed by atoms with Crippen molar-refractivity contribution in [3.05, 3.63) is 24.0 Å². The summed E-state index contributed by atoms with van der Waals surface area (Å²) in [4.78, 5) is 29.3. The van der Waals surface area contributed by atoms with Crippen LogP contribution in [0, 0.1) is 0 Å². The van der Waals surface area contributed by atoms with Crippen LogP contribution in [0.3, 0.4) is 0 Å². The van der Waals surface area contributed by atoms with Crippen LogP contribution in [-0.4, -0.2) is 78.2 Å². The molecule has 3 heterocycles. The topological polar surface area (TPSA) is 66.8 Å². The number of amides is 2. The van der Waals surface area contributed by atoms with Crippen molar-refractivity contribution in [3.8, 4) is 0 Å². The van der Waals surface area contributed by atoms with Crippen LogP contribution in [0.1, 0.15) is 48.6 Å². The Balaban J connectivity index is 1.26. The van der Waals surface area contributed by atoms with Crippen molar-refractivity contribution >= 4 is 11.8 Å². The van der Waals surface area contributed by atoms with Crippen LogP contribution in [0.2, 0.25) is 0 Å². The largest absolute Gasteiger partial charge is 0.378 e. The van der Waals surface area contributed by atoms with Crippen LogP contribution in [0.5, 0.6) is 0 Å². The van der Waals surface area contributed by atoms with Gasteiger partial charge in [-0.15, -0.1) is 0 Å². The lowest BCUT2D eigenvalue weighted by Gasteiger charge is -2.30. The first-order valence-electron chi connectivity index (χ1n) is 10.2. The SMILES string of the molecule is CN1[C@@H](CC(=O)N2CCOCC2)CC[C@H]1CNC(=O)c1cccn1C1CC1. The Morgan fingerprint density at radius 2 is 1.89 bits per heavy atom. The number of morpholine rings is 1. The molecule has 0 unspecified atom stereocenters. The molecule has 0 aromatic carbocycles. The summed E-state index contributed by atoms with van der Waals surface area (Å²) < 4.78 is 7.42. The van der Waals surface area contributed by atoms with E-state index in [2.05, 4.69) is 21.8 Å². The molecule has 27 heavy (non-hydrogen) atoms. The summed E-state index contributed by atoms with van der Waals surface area (Å²) >= 11 is 0. The van der Waals surface area contributed by atoms with Gasteiger partial charge in [0.15, 0.2) is 0 Å². The summed E-state index contributed by atoms with van der Waals surface area (Å²) in [6, 6.07) is 4.90. The highest BCUT2D eigenvalue weighted by Gasteiger charge is 2.33. The minimum absolute atomic E-state index is 0.00754. The van der Waals surface area contributed by atoms with Gasteiger partial charge in [0.05, 0.1) is 13.2 Å². The van der Waals surface area contributed by atoms with Crippen molar-refractivity contribution in [2.45, 2.75) is 50.2 Å². The zero-order chi connectivity index (χ0) is 18.8. The molecule has 7 heteroatoms. The molecule has 148 valence electrons. The number of carbonyl (C=O) groups is 2. The first-order chi connectivity index (χ1) is 13.1. The van der Waals surface area contributed by atoms with Crippen molar-refractivity contribution in [2.75, 3.05) is 39.9 Å². The number of aromatic nitrogens is 1.